The predicted molar refractivity (Wildman–Crippen MR) is 52.1 cm³/mol. The van der Waals surface area contributed by atoms with Crippen molar-refractivity contribution in [1.29, 1.82) is 0 Å². The number of nitrogens with zero attached hydrogens (tertiary/aromatic N) is 1. The summed E-state index contributed by atoms with van der Waals surface area (Å²) in [6.07, 6.45) is 1.49. The van der Waals surface area contributed by atoms with Crippen LogP contribution in [0.4, 0.5) is 5.69 Å². The average molecular weight is 222 g/mol. The van der Waals surface area contributed by atoms with Crippen LogP contribution in [0.3, 0.4) is 0 Å². The van der Waals surface area contributed by atoms with Crippen molar-refractivity contribution in [3.63, 3.8) is 0 Å². The molecule has 72 valence electrons. The molecule has 6 heteroatoms. The summed E-state index contributed by atoms with van der Waals surface area (Å²) in [5, 5.41) is 8.94. The van der Waals surface area contributed by atoms with Crippen LogP contribution in [0.5, 0.6) is 0 Å². The van der Waals surface area contributed by atoms with Gasteiger partial charge in [0.05, 0.1) is 17.6 Å². The summed E-state index contributed by atoms with van der Waals surface area (Å²) in [5.74, 6) is -0.472. The van der Waals surface area contributed by atoms with E-state index in [0.29, 0.717) is 5.69 Å². The van der Waals surface area contributed by atoms with E-state index in [1.807, 2.05) is 0 Å². The minimum atomic E-state index is -1.43. The smallest absolute Gasteiger partial charge is 0.260 e. The highest BCUT2D eigenvalue weighted by atomic mass is 35.5. The third kappa shape index (κ3) is 2.60. The Balaban J connectivity index is 2.71. The molecule has 0 bridgehead atoms. The number of halogens is 2. The van der Waals surface area contributed by atoms with Crippen molar-refractivity contribution in [3.8, 4) is 0 Å². The van der Waals surface area contributed by atoms with Crippen LogP contribution in [0.25, 0.3) is 0 Å². The second kappa shape index (κ2) is 3.55. The Morgan fingerprint density at radius 2 is 2.31 bits per heavy atom. The number of alkyl halides is 2. The number of hydrogen-bond acceptors (Lipinski definition) is 2. The van der Waals surface area contributed by atoms with Gasteiger partial charge in [0.25, 0.3) is 5.91 Å². The number of H-pyrrole nitrogens is 1. The zero-order valence-corrected chi connectivity index (χ0v) is 8.70. The number of amides is 1. The van der Waals surface area contributed by atoms with Crippen LogP contribution >= 0.6 is 23.2 Å². The van der Waals surface area contributed by atoms with E-state index < -0.39 is 10.2 Å². The molecule has 0 fully saturated rings. The topological polar surface area (TPSA) is 57.8 Å². The second-order valence-electron chi connectivity index (χ2n) is 2.75. The van der Waals surface area contributed by atoms with Gasteiger partial charge in [-0.3, -0.25) is 9.89 Å². The van der Waals surface area contributed by atoms with Gasteiger partial charge in [0.2, 0.25) is 0 Å². The lowest BCUT2D eigenvalue weighted by atomic mass is 10.3. The highest BCUT2D eigenvalue weighted by Crippen LogP contribution is 2.22. The van der Waals surface area contributed by atoms with Crippen LogP contribution < -0.4 is 5.32 Å². The van der Waals surface area contributed by atoms with Gasteiger partial charge in [-0.1, -0.05) is 23.2 Å². The first-order chi connectivity index (χ1) is 5.91. The van der Waals surface area contributed by atoms with Gasteiger partial charge < -0.3 is 5.32 Å². The summed E-state index contributed by atoms with van der Waals surface area (Å²) in [4.78, 5) is 11.3. The fourth-order valence-electron chi connectivity index (χ4n) is 0.709. The molecule has 1 aromatic heterocycles. The molecule has 0 aliphatic heterocycles. The predicted octanol–water partition coefficient (Wildman–Crippen LogP) is 1.85. The maximum absolute atomic E-state index is 11.3. The van der Waals surface area contributed by atoms with Gasteiger partial charge in [-0.15, -0.1) is 0 Å². The molecule has 0 aromatic carbocycles. The molecule has 1 heterocycles. The highest BCUT2D eigenvalue weighted by molar-refractivity contribution is 6.58. The summed E-state index contributed by atoms with van der Waals surface area (Å²) in [6, 6.07) is 0. The van der Waals surface area contributed by atoms with E-state index >= 15 is 0 Å². The molecule has 0 unspecified atom stereocenters. The molecular weight excluding hydrogens is 213 g/mol. The number of carbonyl (C=O) groups excluding carboxylic acids is 1. The van der Waals surface area contributed by atoms with Crippen molar-refractivity contribution in [2.45, 2.75) is 18.2 Å². The van der Waals surface area contributed by atoms with E-state index in [2.05, 4.69) is 15.5 Å². The molecule has 0 aliphatic carbocycles. The first kappa shape index (κ1) is 10.3. The zero-order valence-electron chi connectivity index (χ0n) is 7.19. The Morgan fingerprint density at radius 1 is 1.69 bits per heavy atom. The summed E-state index contributed by atoms with van der Waals surface area (Å²) in [7, 11) is 0. The van der Waals surface area contributed by atoms with E-state index in [-0.39, 0.29) is 0 Å². The second-order valence-corrected chi connectivity index (χ2v) is 4.46. The normalized spacial score (nSPS) is 11.4. The van der Waals surface area contributed by atoms with Crippen LogP contribution in [0, 0.1) is 6.92 Å². The SMILES string of the molecule is Cc1[nH]ncc1NC(=O)C(C)(Cl)Cl. The van der Waals surface area contributed by atoms with Gasteiger partial charge in [0.1, 0.15) is 0 Å². The Bertz CT molecular complexity index is 316. The molecule has 0 saturated heterocycles. The van der Waals surface area contributed by atoms with Gasteiger partial charge in [0, 0.05) is 0 Å². The van der Waals surface area contributed by atoms with E-state index in [9.17, 15) is 4.79 Å². The molecule has 0 aliphatic rings. The molecule has 13 heavy (non-hydrogen) atoms. The van der Waals surface area contributed by atoms with Gasteiger partial charge in [-0.2, -0.15) is 5.10 Å². The lowest BCUT2D eigenvalue weighted by molar-refractivity contribution is -0.116. The van der Waals surface area contributed by atoms with Crippen LogP contribution in [0.2, 0.25) is 0 Å². The summed E-state index contributed by atoms with van der Waals surface area (Å²) < 4.78 is -1.43. The standard InChI is InChI=1S/C7H9Cl2N3O/c1-4-5(3-10-12-4)11-6(13)7(2,8)9/h3H,1-2H3,(H,10,12)(H,11,13). The first-order valence-corrected chi connectivity index (χ1v) is 4.36. The lowest BCUT2D eigenvalue weighted by Gasteiger charge is -2.12. The van der Waals surface area contributed by atoms with Gasteiger partial charge in [-0.25, -0.2) is 0 Å². The number of nitrogens with one attached hydrogen (secondary N) is 2. The minimum Gasteiger partial charge on any atom is -0.321 e. The van der Waals surface area contributed by atoms with E-state index in [1.165, 1.54) is 13.1 Å². The zero-order chi connectivity index (χ0) is 10.1. The van der Waals surface area contributed by atoms with Crippen molar-refractivity contribution < 1.29 is 4.79 Å². The maximum Gasteiger partial charge on any atom is 0.260 e. The Labute approximate surface area is 85.6 Å². The van der Waals surface area contributed by atoms with E-state index in [0.717, 1.165) is 5.69 Å². The average Bonchev–Trinajstić information content (AvgIpc) is 2.34. The van der Waals surface area contributed by atoms with Gasteiger partial charge in [-0.05, 0) is 13.8 Å². The van der Waals surface area contributed by atoms with Crippen molar-refractivity contribution in [3.05, 3.63) is 11.9 Å². The first-order valence-electron chi connectivity index (χ1n) is 3.60. The van der Waals surface area contributed by atoms with E-state index in [1.54, 1.807) is 6.92 Å². The Hall–Kier alpha value is -0.740. The molecule has 0 radical (unpaired) electrons. The van der Waals surface area contributed by atoms with Crippen LogP contribution in [0.15, 0.2) is 6.20 Å². The third-order valence-electron chi connectivity index (χ3n) is 1.48. The van der Waals surface area contributed by atoms with Crippen LogP contribution in [-0.2, 0) is 4.79 Å². The number of hydrogen-bond donors (Lipinski definition) is 2. The van der Waals surface area contributed by atoms with Crippen LogP contribution in [-0.4, -0.2) is 20.4 Å². The number of rotatable bonds is 2. The number of carbonyl (C=O) groups is 1. The van der Waals surface area contributed by atoms with Crippen LogP contribution in [0.1, 0.15) is 12.6 Å². The van der Waals surface area contributed by atoms with Crippen molar-refractivity contribution in [2.75, 3.05) is 5.32 Å². The summed E-state index contributed by atoms with van der Waals surface area (Å²) >= 11 is 11.2. The number of aromatic nitrogens is 2. The minimum absolute atomic E-state index is 0.472. The number of aromatic amines is 1. The Kier molecular flexibility index (Phi) is 2.83. The molecule has 1 amide bonds. The van der Waals surface area contributed by atoms with E-state index in [4.69, 9.17) is 23.2 Å². The largest absolute Gasteiger partial charge is 0.321 e. The fourth-order valence-corrected chi connectivity index (χ4v) is 0.803. The molecule has 2 N–H and O–H groups in total. The van der Waals surface area contributed by atoms with Crippen molar-refractivity contribution in [2.24, 2.45) is 0 Å². The maximum atomic E-state index is 11.3. The number of aryl methyl sites for hydroxylation is 1. The monoisotopic (exact) mass is 221 g/mol. The van der Waals surface area contributed by atoms with Crippen molar-refractivity contribution in [1.82, 2.24) is 10.2 Å². The fraction of sp³-hybridized carbons (Fsp3) is 0.429. The molecule has 1 rings (SSSR count). The summed E-state index contributed by atoms with van der Waals surface area (Å²) in [5.41, 5.74) is 1.34. The molecule has 0 spiro atoms. The third-order valence-corrected chi connectivity index (χ3v) is 1.82. The lowest BCUT2D eigenvalue weighted by Crippen LogP contribution is -2.29. The molecule has 0 saturated carbocycles. The van der Waals surface area contributed by atoms with Crippen molar-refractivity contribution >= 4 is 34.8 Å². The summed E-state index contributed by atoms with van der Waals surface area (Å²) in [6.45, 7) is 3.18. The highest BCUT2D eigenvalue weighted by Gasteiger charge is 2.27. The molecule has 4 nitrogen and oxygen atoms in total. The Morgan fingerprint density at radius 3 is 2.69 bits per heavy atom. The van der Waals surface area contributed by atoms with Gasteiger partial charge in [0.15, 0.2) is 4.33 Å². The molecular formula is C7H9Cl2N3O. The quantitative estimate of drug-likeness (QED) is 0.750. The number of anilines is 1. The van der Waals surface area contributed by atoms with Gasteiger partial charge >= 0.3 is 0 Å². The molecule has 1 aromatic rings. The molecule has 0 atom stereocenters.